The van der Waals surface area contributed by atoms with Crippen LogP contribution in [0.1, 0.15) is 81.1 Å². The van der Waals surface area contributed by atoms with Crippen molar-refractivity contribution < 1.29 is 4.79 Å². The molecule has 1 nitrogen and oxygen atoms in total. The summed E-state index contributed by atoms with van der Waals surface area (Å²) < 4.78 is 0. The Balaban J connectivity index is 3.11. The van der Waals surface area contributed by atoms with Gasteiger partial charge in [-0.05, 0) is 78.6 Å². The molecule has 0 unspecified atom stereocenters. The molecular formula is C23H38O. The largest absolute Gasteiger partial charge is 0.299 e. The summed E-state index contributed by atoms with van der Waals surface area (Å²) in [7, 11) is 0. The van der Waals surface area contributed by atoms with Crippen LogP contribution in [0.15, 0.2) is 34.9 Å². The molecule has 3 atom stereocenters. The van der Waals surface area contributed by atoms with Gasteiger partial charge in [-0.3, -0.25) is 4.79 Å². The fourth-order valence-electron chi connectivity index (χ4n) is 3.84. The standard InChI is InChI=1S/C23H38O/c1-16(2)9-12-19-15-20(13-10-17(3)4)23(7,8)21(22(19)24)14-11-18(5)6/h9-11,19-21H,12-15H2,1-8H3/t19-,20-,21-/m0/s1. The van der Waals surface area contributed by atoms with Crippen molar-refractivity contribution in [3.63, 3.8) is 0 Å². The Morgan fingerprint density at radius 3 is 1.83 bits per heavy atom. The number of allylic oxidation sites excluding steroid dienone is 6. The van der Waals surface area contributed by atoms with Crippen LogP contribution in [0, 0.1) is 23.2 Å². The monoisotopic (exact) mass is 330 g/mol. The molecule has 0 spiro atoms. The van der Waals surface area contributed by atoms with E-state index in [-0.39, 0.29) is 17.3 Å². The second-order valence-electron chi connectivity index (χ2n) is 8.96. The Labute approximate surface area is 150 Å². The molecule has 24 heavy (non-hydrogen) atoms. The summed E-state index contributed by atoms with van der Waals surface area (Å²) >= 11 is 0. The van der Waals surface area contributed by atoms with E-state index < -0.39 is 0 Å². The molecule has 1 fully saturated rings. The molecule has 0 radical (unpaired) electrons. The smallest absolute Gasteiger partial charge is 0.140 e. The lowest BCUT2D eigenvalue weighted by Crippen LogP contribution is -2.46. The molecule has 0 saturated heterocycles. The molecule has 136 valence electrons. The second kappa shape index (κ2) is 8.83. The maximum absolute atomic E-state index is 13.2. The molecule has 1 saturated carbocycles. The van der Waals surface area contributed by atoms with E-state index >= 15 is 0 Å². The van der Waals surface area contributed by atoms with Crippen molar-refractivity contribution in [1.82, 2.24) is 0 Å². The summed E-state index contributed by atoms with van der Waals surface area (Å²) in [6.07, 6.45) is 10.8. The van der Waals surface area contributed by atoms with Crippen LogP contribution in [0.4, 0.5) is 0 Å². The first kappa shape index (κ1) is 20.9. The Morgan fingerprint density at radius 2 is 1.33 bits per heavy atom. The van der Waals surface area contributed by atoms with E-state index in [1.165, 1.54) is 16.7 Å². The van der Waals surface area contributed by atoms with E-state index in [1.54, 1.807) is 0 Å². The zero-order chi connectivity index (χ0) is 18.5. The van der Waals surface area contributed by atoms with Gasteiger partial charge in [0.25, 0.3) is 0 Å². The second-order valence-corrected chi connectivity index (χ2v) is 8.96. The molecule has 0 bridgehead atoms. The van der Waals surface area contributed by atoms with Crippen LogP contribution < -0.4 is 0 Å². The van der Waals surface area contributed by atoms with Gasteiger partial charge in [0.05, 0.1) is 0 Å². The lowest BCUT2D eigenvalue weighted by Gasteiger charge is -2.47. The quantitative estimate of drug-likeness (QED) is 0.484. The highest BCUT2D eigenvalue weighted by Crippen LogP contribution is 2.49. The first-order valence-electron chi connectivity index (χ1n) is 9.49. The summed E-state index contributed by atoms with van der Waals surface area (Å²) in [6.45, 7) is 17.5. The van der Waals surface area contributed by atoms with Gasteiger partial charge < -0.3 is 0 Å². The zero-order valence-corrected chi connectivity index (χ0v) is 17.2. The summed E-state index contributed by atoms with van der Waals surface area (Å²) in [5.74, 6) is 1.41. The number of Topliss-reactive ketones (excluding diaryl/α,β-unsaturated/α-hetero) is 1. The van der Waals surface area contributed by atoms with Gasteiger partial charge >= 0.3 is 0 Å². The van der Waals surface area contributed by atoms with Crippen LogP contribution in [0.5, 0.6) is 0 Å². The van der Waals surface area contributed by atoms with E-state index in [2.05, 4.69) is 73.6 Å². The van der Waals surface area contributed by atoms with E-state index in [9.17, 15) is 4.79 Å². The first-order chi connectivity index (χ1) is 11.1. The molecule has 1 aliphatic carbocycles. The van der Waals surface area contributed by atoms with Crippen molar-refractivity contribution in [2.75, 3.05) is 0 Å². The van der Waals surface area contributed by atoms with Gasteiger partial charge in [0.1, 0.15) is 5.78 Å². The third-order valence-corrected chi connectivity index (χ3v) is 5.65. The number of ketones is 1. The number of hydrogen-bond donors (Lipinski definition) is 0. The summed E-state index contributed by atoms with van der Waals surface area (Å²) in [5, 5.41) is 0. The number of hydrogen-bond acceptors (Lipinski definition) is 1. The van der Waals surface area contributed by atoms with E-state index in [1.807, 2.05) is 0 Å². The van der Waals surface area contributed by atoms with Crippen LogP contribution >= 0.6 is 0 Å². The van der Waals surface area contributed by atoms with E-state index in [4.69, 9.17) is 0 Å². The molecule has 1 rings (SSSR count). The summed E-state index contributed by atoms with van der Waals surface area (Å²) in [6, 6.07) is 0. The highest BCUT2D eigenvalue weighted by molar-refractivity contribution is 5.85. The molecule has 0 heterocycles. The van der Waals surface area contributed by atoms with Crippen molar-refractivity contribution in [3.05, 3.63) is 34.9 Å². The van der Waals surface area contributed by atoms with Gasteiger partial charge in [0.15, 0.2) is 0 Å². The van der Waals surface area contributed by atoms with Crippen LogP contribution in [-0.2, 0) is 4.79 Å². The van der Waals surface area contributed by atoms with E-state index in [0.29, 0.717) is 11.7 Å². The van der Waals surface area contributed by atoms with Crippen LogP contribution in [0.25, 0.3) is 0 Å². The van der Waals surface area contributed by atoms with Crippen molar-refractivity contribution in [2.45, 2.75) is 81.1 Å². The third kappa shape index (κ3) is 5.76. The van der Waals surface area contributed by atoms with Crippen molar-refractivity contribution in [1.29, 1.82) is 0 Å². The summed E-state index contributed by atoms with van der Waals surface area (Å²) in [5.41, 5.74) is 4.07. The van der Waals surface area contributed by atoms with Gasteiger partial charge in [-0.25, -0.2) is 0 Å². The van der Waals surface area contributed by atoms with Crippen LogP contribution in [0.3, 0.4) is 0 Å². The predicted octanol–water partition coefficient (Wildman–Crippen LogP) is 6.90. The number of carbonyl (C=O) groups is 1. The minimum Gasteiger partial charge on any atom is -0.299 e. The molecule has 0 aromatic rings. The molecular weight excluding hydrogens is 292 g/mol. The van der Waals surface area contributed by atoms with Gasteiger partial charge in [0.2, 0.25) is 0 Å². The Morgan fingerprint density at radius 1 is 0.875 bits per heavy atom. The summed E-state index contributed by atoms with van der Waals surface area (Å²) in [4.78, 5) is 13.2. The number of rotatable bonds is 6. The maximum atomic E-state index is 13.2. The van der Waals surface area contributed by atoms with Gasteiger partial charge in [-0.15, -0.1) is 0 Å². The van der Waals surface area contributed by atoms with Crippen molar-refractivity contribution in [2.24, 2.45) is 23.2 Å². The van der Waals surface area contributed by atoms with Crippen LogP contribution in [-0.4, -0.2) is 5.78 Å². The first-order valence-corrected chi connectivity index (χ1v) is 9.49. The van der Waals surface area contributed by atoms with Gasteiger partial charge in [-0.2, -0.15) is 0 Å². The molecule has 0 N–H and O–H groups in total. The maximum Gasteiger partial charge on any atom is 0.140 e. The lowest BCUT2D eigenvalue weighted by molar-refractivity contribution is -0.138. The average Bonchev–Trinajstić information content (AvgIpc) is 2.44. The Hall–Kier alpha value is -1.11. The minimum atomic E-state index is 0.0659. The van der Waals surface area contributed by atoms with Crippen molar-refractivity contribution >= 4 is 5.78 Å². The molecule has 0 aromatic carbocycles. The average molecular weight is 331 g/mol. The molecule has 1 heteroatoms. The molecule has 1 aliphatic rings. The molecule has 0 aromatic heterocycles. The zero-order valence-electron chi connectivity index (χ0n) is 17.2. The Kier molecular flexibility index (Phi) is 7.70. The third-order valence-electron chi connectivity index (χ3n) is 5.65. The van der Waals surface area contributed by atoms with Gasteiger partial charge in [-0.1, -0.05) is 48.8 Å². The fourth-order valence-corrected chi connectivity index (χ4v) is 3.84. The minimum absolute atomic E-state index is 0.0659. The highest BCUT2D eigenvalue weighted by atomic mass is 16.1. The van der Waals surface area contributed by atoms with E-state index in [0.717, 1.165) is 25.7 Å². The Bertz CT molecular complexity index is 518. The fraction of sp³-hybridized carbons (Fsp3) is 0.696. The van der Waals surface area contributed by atoms with Crippen LogP contribution in [0.2, 0.25) is 0 Å². The van der Waals surface area contributed by atoms with Crippen molar-refractivity contribution in [3.8, 4) is 0 Å². The lowest BCUT2D eigenvalue weighted by atomic mass is 9.56. The normalized spacial score (nSPS) is 25.8. The SMILES string of the molecule is CC(C)=CC[C@H]1C[C@H](CC=C(C)C)C(C)(C)[C@@H](CC=C(C)C)C1=O. The van der Waals surface area contributed by atoms with Gasteiger partial charge in [0, 0.05) is 11.8 Å². The molecule has 0 aliphatic heterocycles. The predicted molar refractivity (Wildman–Crippen MR) is 106 cm³/mol. The highest BCUT2D eigenvalue weighted by Gasteiger charge is 2.47. The topological polar surface area (TPSA) is 17.1 Å². The number of carbonyl (C=O) groups excluding carboxylic acids is 1. The molecule has 0 amide bonds.